The van der Waals surface area contributed by atoms with Gasteiger partial charge in [-0.05, 0) is 85.3 Å². The lowest BCUT2D eigenvalue weighted by molar-refractivity contribution is 0.0638. The first kappa shape index (κ1) is 24.1. The average molecular weight is 482 g/mol. The highest BCUT2D eigenvalue weighted by molar-refractivity contribution is 5.94. The molecule has 3 aromatic carbocycles. The summed E-state index contributed by atoms with van der Waals surface area (Å²) in [5.41, 5.74) is 8.29. The summed E-state index contributed by atoms with van der Waals surface area (Å²) in [5, 5.41) is 1.29. The van der Waals surface area contributed by atoms with Crippen LogP contribution in [0.1, 0.15) is 38.3 Å². The fourth-order valence-electron chi connectivity index (χ4n) is 5.09. The smallest absolute Gasteiger partial charge is 0.253 e. The number of amides is 1. The zero-order valence-corrected chi connectivity index (χ0v) is 21.5. The van der Waals surface area contributed by atoms with E-state index in [-0.39, 0.29) is 5.91 Å². The normalized spacial score (nSPS) is 14.4. The molecule has 1 N–H and O–H groups in total. The Morgan fingerprint density at radius 2 is 1.64 bits per heavy atom. The molecule has 1 aliphatic rings. The Hall–Kier alpha value is -3.57. The van der Waals surface area contributed by atoms with Crippen molar-refractivity contribution in [1.82, 2.24) is 14.8 Å². The zero-order valence-electron chi connectivity index (χ0n) is 21.5. The van der Waals surface area contributed by atoms with E-state index in [1.54, 1.807) is 7.11 Å². The van der Waals surface area contributed by atoms with E-state index < -0.39 is 0 Å². The number of nitrogens with zero attached hydrogens (tertiary/aromatic N) is 2. The van der Waals surface area contributed by atoms with Crippen LogP contribution in [-0.4, -0.2) is 60.5 Å². The van der Waals surface area contributed by atoms with E-state index in [1.165, 1.54) is 38.9 Å². The molecule has 1 amide bonds. The second kappa shape index (κ2) is 10.6. The molecule has 4 aromatic rings. The SMILES string of the molecule is COc1cccc(CCN2CCN(C(=O)c3ccc(Cc4ccc5[nH]c(C)c(C)c5c4)cc3)CC2)c1. The summed E-state index contributed by atoms with van der Waals surface area (Å²) >= 11 is 0. The number of hydrogen-bond acceptors (Lipinski definition) is 3. The van der Waals surface area contributed by atoms with Crippen LogP contribution in [0, 0.1) is 13.8 Å². The van der Waals surface area contributed by atoms with Crippen molar-refractivity contribution >= 4 is 16.8 Å². The molecule has 1 aliphatic heterocycles. The van der Waals surface area contributed by atoms with Crippen LogP contribution >= 0.6 is 0 Å². The van der Waals surface area contributed by atoms with E-state index in [0.29, 0.717) is 0 Å². The van der Waals surface area contributed by atoms with Crippen molar-refractivity contribution in [2.45, 2.75) is 26.7 Å². The van der Waals surface area contributed by atoms with Gasteiger partial charge in [-0.2, -0.15) is 0 Å². The second-order valence-electron chi connectivity index (χ2n) is 9.86. The maximum Gasteiger partial charge on any atom is 0.253 e. The molecular formula is C31H35N3O2. The van der Waals surface area contributed by atoms with Crippen molar-refractivity contribution in [3.05, 3.63) is 100 Å². The van der Waals surface area contributed by atoms with E-state index >= 15 is 0 Å². The Morgan fingerprint density at radius 3 is 2.39 bits per heavy atom. The Labute approximate surface area is 213 Å². The van der Waals surface area contributed by atoms with Crippen molar-refractivity contribution in [3.63, 3.8) is 0 Å². The first-order valence-corrected chi connectivity index (χ1v) is 12.8. The Kier molecular flexibility index (Phi) is 7.10. The third kappa shape index (κ3) is 5.31. The molecule has 0 saturated carbocycles. The average Bonchev–Trinajstić information content (AvgIpc) is 3.20. The maximum atomic E-state index is 13.1. The quantitative estimate of drug-likeness (QED) is 0.385. The predicted octanol–water partition coefficient (Wildman–Crippen LogP) is 5.38. The van der Waals surface area contributed by atoms with Crippen LogP contribution in [0.5, 0.6) is 5.75 Å². The van der Waals surface area contributed by atoms with Gasteiger partial charge in [-0.1, -0.05) is 30.3 Å². The van der Waals surface area contributed by atoms with Gasteiger partial charge >= 0.3 is 0 Å². The van der Waals surface area contributed by atoms with E-state index in [1.807, 2.05) is 29.2 Å². The van der Waals surface area contributed by atoms with Gasteiger partial charge < -0.3 is 14.6 Å². The number of piperazine rings is 1. The first-order valence-electron chi connectivity index (χ1n) is 12.8. The standard InChI is InChI=1S/C31H35N3O2/c1-22-23(2)32-30-12-9-26(21-29(22)30)19-25-7-10-27(11-8-25)31(35)34-17-15-33(16-18-34)14-13-24-5-4-6-28(20-24)36-3/h4-12,20-21,32H,13-19H2,1-3H3. The van der Waals surface area contributed by atoms with Gasteiger partial charge in [-0.25, -0.2) is 0 Å². The lowest BCUT2D eigenvalue weighted by Crippen LogP contribution is -2.49. The van der Waals surface area contributed by atoms with Gasteiger partial charge in [0.2, 0.25) is 0 Å². The summed E-state index contributed by atoms with van der Waals surface area (Å²) in [6.45, 7) is 8.65. The van der Waals surface area contributed by atoms with Gasteiger partial charge in [-0.15, -0.1) is 0 Å². The van der Waals surface area contributed by atoms with E-state index in [0.717, 1.165) is 56.9 Å². The van der Waals surface area contributed by atoms with Crippen LogP contribution in [0.4, 0.5) is 0 Å². The molecule has 1 saturated heterocycles. The number of benzene rings is 3. The van der Waals surface area contributed by atoms with Gasteiger partial charge in [0.1, 0.15) is 5.75 Å². The number of carbonyl (C=O) groups excluding carboxylic acids is 1. The van der Waals surface area contributed by atoms with Crippen LogP contribution < -0.4 is 4.74 Å². The third-order valence-corrected chi connectivity index (χ3v) is 7.49. The number of aromatic amines is 1. The van der Waals surface area contributed by atoms with Crippen molar-refractivity contribution in [2.75, 3.05) is 39.8 Å². The molecular weight excluding hydrogens is 446 g/mol. The summed E-state index contributed by atoms with van der Waals surface area (Å²) in [4.78, 5) is 21.0. The minimum absolute atomic E-state index is 0.133. The number of carbonyl (C=O) groups is 1. The zero-order chi connectivity index (χ0) is 25.1. The van der Waals surface area contributed by atoms with Gasteiger partial charge in [0.05, 0.1) is 7.11 Å². The molecule has 36 heavy (non-hydrogen) atoms. The van der Waals surface area contributed by atoms with Crippen LogP contribution in [0.25, 0.3) is 10.9 Å². The first-order chi connectivity index (χ1) is 17.5. The minimum atomic E-state index is 0.133. The van der Waals surface area contributed by atoms with Crippen LogP contribution in [-0.2, 0) is 12.8 Å². The highest BCUT2D eigenvalue weighted by atomic mass is 16.5. The largest absolute Gasteiger partial charge is 0.497 e. The number of ether oxygens (including phenoxy) is 1. The molecule has 5 nitrogen and oxygen atoms in total. The third-order valence-electron chi connectivity index (χ3n) is 7.49. The molecule has 1 aromatic heterocycles. The Morgan fingerprint density at radius 1 is 0.889 bits per heavy atom. The molecule has 0 spiro atoms. The highest BCUT2D eigenvalue weighted by Gasteiger charge is 2.22. The molecule has 0 bridgehead atoms. The number of aryl methyl sites for hydroxylation is 2. The van der Waals surface area contributed by atoms with E-state index in [4.69, 9.17) is 4.74 Å². The molecule has 5 heteroatoms. The molecule has 0 atom stereocenters. The summed E-state index contributed by atoms with van der Waals surface area (Å²) in [6, 6.07) is 23.0. The fraction of sp³-hybridized carbons (Fsp3) is 0.323. The molecule has 0 aliphatic carbocycles. The molecule has 1 fully saturated rings. The monoisotopic (exact) mass is 481 g/mol. The summed E-state index contributed by atoms with van der Waals surface area (Å²) in [6.07, 6.45) is 1.85. The molecule has 0 radical (unpaired) electrons. The van der Waals surface area contributed by atoms with E-state index in [9.17, 15) is 4.79 Å². The van der Waals surface area contributed by atoms with Crippen molar-refractivity contribution in [1.29, 1.82) is 0 Å². The number of H-pyrrole nitrogens is 1. The maximum absolute atomic E-state index is 13.1. The number of fused-ring (bicyclic) bond motifs is 1. The van der Waals surface area contributed by atoms with Crippen molar-refractivity contribution in [2.24, 2.45) is 0 Å². The number of rotatable bonds is 7. The second-order valence-corrected chi connectivity index (χ2v) is 9.86. The Balaban J connectivity index is 1.14. The number of nitrogens with one attached hydrogen (secondary N) is 1. The lowest BCUT2D eigenvalue weighted by atomic mass is 10.0. The summed E-state index contributed by atoms with van der Waals surface area (Å²) in [7, 11) is 1.70. The van der Waals surface area contributed by atoms with Gasteiger partial charge in [0.25, 0.3) is 5.91 Å². The number of methoxy groups -OCH3 is 1. The predicted molar refractivity (Wildman–Crippen MR) is 146 cm³/mol. The van der Waals surface area contributed by atoms with Crippen LogP contribution in [0.2, 0.25) is 0 Å². The lowest BCUT2D eigenvalue weighted by Gasteiger charge is -2.34. The molecule has 0 unspecified atom stereocenters. The Bertz CT molecular complexity index is 1350. The van der Waals surface area contributed by atoms with Gasteiger partial charge in [0, 0.05) is 54.9 Å². The molecule has 5 rings (SSSR count). The molecule has 2 heterocycles. The summed E-state index contributed by atoms with van der Waals surface area (Å²) in [5.74, 6) is 1.04. The van der Waals surface area contributed by atoms with Crippen molar-refractivity contribution in [3.8, 4) is 5.75 Å². The summed E-state index contributed by atoms with van der Waals surface area (Å²) < 4.78 is 5.33. The van der Waals surface area contributed by atoms with Crippen LogP contribution in [0.3, 0.4) is 0 Å². The van der Waals surface area contributed by atoms with E-state index in [2.05, 4.69) is 66.2 Å². The molecule has 186 valence electrons. The number of aromatic nitrogens is 1. The fourth-order valence-corrected chi connectivity index (χ4v) is 5.09. The van der Waals surface area contributed by atoms with Crippen molar-refractivity contribution < 1.29 is 9.53 Å². The van der Waals surface area contributed by atoms with Crippen LogP contribution in [0.15, 0.2) is 66.7 Å². The minimum Gasteiger partial charge on any atom is -0.497 e. The highest BCUT2D eigenvalue weighted by Crippen LogP contribution is 2.24. The number of hydrogen-bond donors (Lipinski definition) is 1. The van der Waals surface area contributed by atoms with Gasteiger partial charge in [-0.3, -0.25) is 9.69 Å². The van der Waals surface area contributed by atoms with Gasteiger partial charge in [0.15, 0.2) is 0 Å². The topological polar surface area (TPSA) is 48.6 Å².